The summed E-state index contributed by atoms with van der Waals surface area (Å²) >= 11 is 5.85. The first-order chi connectivity index (χ1) is 14.9. The number of ether oxygens (including phenoxy) is 1. The Balaban J connectivity index is 1.36. The summed E-state index contributed by atoms with van der Waals surface area (Å²) in [6, 6.07) is 13.6. The van der Waals surface area contributed by atoms with Crippen molar-refractivity contribution in [3.8, 4) is 0 Å². The highest BCUT2D eigenvalue weighted by atomic mass is 35.5. The number of piperidine rings is 1. The van der Waals surface area contributed by atoms with Crippen LogP contribution >= 0.6 is 11.6 Å². The quantitative estimate of drug-likeness (QED) is 0.638. The second kappa shape index (κ2) is 8.98. The number of sulfonamides is 1. The van der Waals surface area contributed by atoms with E-state index < -0.39 is 21.9 Å². The van der Waals surface area contributed by atoms with Crippen LogP contribution in [0.5, 0.6) is 0 Å². The van der Waals surface area contributed by atoms with E-state index in [4.69, 9.17) is 16.3 Å². The zero-order chi connectivity index (χ0) is 22.0. The molecule has 1 fully saturated rings. The summed E-state index contributed by atoms with van der Waals surface area (Å²) in [6.45, 7) is 0.572. The molecule has 0 bridgehead atoms. The van der Waals surface area contributed by atoms with Crippen LogP contribution in [0.2, 0.25) is 5.02 Å². The fourth-order valence-corrected chi connectivity index (χ4v) is 5.68. The maximum Gasteiger partial charge on any atom is 0.310 e. The number of esters is 1. The van der Waals surface area contributed by atoms with Crippen molar-refractivity contribution in [2.75, 3.05) is 31.1 Å². The monoisotopic (exact) mass is 462 g/mol. The Hall–Kier alpha value is -2.42. The molecular weight excluding hydrogens is 440 g/mol. The third-order valence-corrected chi connectivity index (χ3v) is 7.83. The van der Waals surface area contributed by atoms with Crippen molar-refractivity contribution in [2.24, 2.45) is 5.92 Å². The normalized spacial score (nSPS) is 19.1. The molecule has 2 aromatic carbocycles. The standard InChI is InChI=1S/C22H23ClN2O5S/c23-18-7-9-19(10-8-18)31(28,29)24-12-3-5-17(14-24)22(27)30-15-21(26)25-13-11-16-4-1-2-6-20(16)25/h1-2,4,6-10,17H,3,5,11-15H2. The van der Waals surface area contributed by atoms with E-state index >= 15 is 0 Å². The molecule has 1 unspecified atom stereocenters. The van der Waals surface area contributed by atoms with Crippen molar-refractivity contribution < 1.29 is 22.7 Å². The second-order valence-electron chi connectivity index (χ2n) is 7.69. The van der Waals surface area contributed by atoms with Gasteiger partial charge >= 0.3 is 5.97 Å². The highest BCUT2D eigenvalue weighted by molar-refractivity contribution is 7.89. The summed E-state index contributed by atoms with van der Waals surface area (Å²) in [5, 5.41) is 0.448. The van der Waals surface area contributed by atoms with Crippen molar-refractivity contribution in [3.05, 3.63) is 59.1 Å². The SMILES string of the molecule is O=C(OCC(=O)N1CCc2ccccc21)C1CCCN(S(=O)(=O)c2ccc(Cl)cc2)C1. The van der Waals surface area contributed by atoms with E-state index in [0.29, 0.717) is 31.0 Å². The molecule has 4 rings (SSSR count). The molecule has 7 nitrogen and oxygen atoms in total. The van der Waals surface area contributed by atoms with Gasteiger partial charge in [0.15, 0.2) is 6.61 Å². The van der Waals surface area contributed by atoms with Gasteiger partial charge in [0, 0.05) is 30.3 Å². The predicted octanol–water partition coefficient (Wildman–Crippen LogP) is 2.87. The molecule has 1 amide bonds. The highest BCUT2D eigenvalue weighted by Crippen LogP contribution is 2.28. The molecule has 0 saturated carbocycles. The van der Waals surface area contributed by atoms with Gasteiger partial charge in [-0.15, -0.1) is 0 Å². The third-order valence-electron chi connectivity index (χ3n) is 5.69. The van der Waals surface area contributed by atoms with E-state index in [9.17, 15) is 18.0 Å². The number of hydrogen-bond acceptors (Lipinski definition) is 5. The number of rotatable bonds is 5. The van der Waals surface area contributed by atoms with Gasteiger partial charge in [0.25, 0.3) is 5.91 Å². The minimum Gasteiger partial charge on any atom is -0.455 e. The molecule has 0 spiro atoms. The Morgan fingerprint density at radius 3 is 2.58 bits per heavy atom. The molecule has 2 aliphatic heterocycles. The first-order valence-corrected chi connectivity index (χ1v) is 12.0. The molecule has 2 heterocycles. The number of nitrogens with zero attached hydrogens (tertiary/aromatic N) is 2. The lowest BCUT2D eigenvalue weighted by Gasteiger charge is -2.30. The van der Waals surface area contributed by atoms with E-state index in [2.05, 4.69) is 0 Å². The third kappa shape index (κ3) is 4.61. The van der Waals surface area contributed by atoms with Crippen LogP contribution in [0.3, 0.4) is 0 Å². The van der Waals surface area contributed by atoms with Crippen LogP contribution < -0.4 is 4.90 Å². The van der Waals surface area contributed by atoms with Gasteiger partial charge in [0.2, 0.25) is 10.0 Å². The maximum atomic E-state index is 12.9. The van der Waals surface area contributed by atoms with Gasteiger partial charge in [-0.05, 0) is 55.2 Å². The molecule has 9 heteroatoms. The Morgan fingerprint density at radius 1 is 1.06 bits per heavy atom. The molecule has 0 aromatic heterocycles. The lowest BCUT2D eigenvalue weighted by Crippen LogP contribution is -2.43. The molecule has 0 N–H and O–H groups in total. The van der Waals surface area contributed by atoms with Gasteiger partial charge in [-0.25, -0.2) is 8.42 Å². The Morgan fingerprint density at radius 2 is 1.81 bits per heavy atom. The Labute approximate surface area is 186 Å². The summed E-state index contributed by atoms with van der Waals surface area (Å²) in [5.41, 5.74) is 1.94. The van der Waals surface area contributed by atoms with Crippen LogP contribution in [-0.4, -0.2) is 50.8 Å². The summed E-state index contributed by atoms with van der Waals surface area (Å²) in [6.07, 6.45) is 1.84. The molecule has 1 saturated heterocycles. The largest absolute Gasteiger partial charge is 0.455 e. The molecule has 31 heavy (non-hydrogen) atoms. The van der Waals surface area contributed by atoms with Crippen molar-refractivity contribution in [1.29, 1.82) is 0 Å². The number of carbonyl (C=O) groups excluding carboxylic acids is 2. The van der Waals surface area contributed by atoms with E-state index in [1.807, 2.05) is 24.3 Å². The van der Waals surface area contributed by atoms with Crippen LogP contribution in [0.4, 0.5) is 5.69 Å². The van der Waals surface area contributed by atoms with Gasteiger partial charge in [-0.2, -0.15) is 4.31 Å². The summed E-state index contributed by atoms with van der Waals surface area (Å²) in [5.74, 6) is -1.42. The van der Waals surface area contributed by atoms with Crippen molar-refractivity contribution in [3.63, 3.8) is 0 Å². The zero-order valence-corrected chi connectivity index (χ0v) is 18.4. The first kappa shape index (κ1) is 21.8. The fraction of sp³-hybridized carbons (Fsp3) is 0.364. The number of fused-ring (bicyclic) bond motifs is 1. The Bertz CT molecular complexity index is 1090. The molecular formula is C22H23ClN2O5S. The minimum absolute atomic E-state index is 0.0323. The minimum atomic E-state index is -3.73. The van der Waals surface area contributed by atoms with E-state index in [0.717, 1.165) is 17.7 Å². The number of carbonyl (C=O) groups is 2. The first-order valence-electron chi connectivity index (χ1n) is 10.2. The lowest BCUT2D eigenvalue weighted by molar-refractivity contribution is -0.153. The molecule has 2 aliphatic rings. The highest BCUT2D eigenvalue weighted by Gasteiger charge is 2.34. The summed E-state index contributed by atoms with van der Waals surface area (Å²) in [7, 11) is -3.73. The number of hydrogen-bond donors (Lipinski definition) is 0. The van der Waals surface area contributed by atoms with Crippen LogP contribution in [0.25, 0.3) is 0 Å². The maximum absolute atomic E-state index is 12.9. The molecule has 0 radical (unpaired) electrons. The second-order valence-corrected chi connectivity index (χ2v) is 10.1. The molecule has 1 atom stereocenters. The average molecular weight is 463 g/mol. The predicted molar refractivity (Wildman–Crippen MR) is 116 cm³/mol. The number of anilines is 1. The molecule has 0 aliphatic carbocycles. The van der Waals surface area contributed by atoms with Gasteiger partial charge < -0.3 is 9.64 Å². The van der Waals surface area contributed by atoms with Gasteiger partial charge in [0.1, 0.15) is 0 Å². The van der Waals surface area contributed by atoms with Crippen LogP contribution in [0, 0.1) is 5.92 Å². The Kier molecular flexibility index (Phi) is 6.31. The van der Waals surface area contributed by atoms with Crippen LogP contribution in [-0.2, 0) is 30.8 Å². The van der Waals surface area contributed by atoms with Crippen LogP contribution in [0.1, 0.15) is 18.4 Å². The van der Waals surface area contributed by atoms with Gasteiger partial charge in [-0.3, -0.25) is 9.59 Å². The van der Waals surface area contributed by atoms with Crippen LogP contribution in [0.15, 0.2) is 53.4 Å². The van der Waals surface area contributed by atoms with Crippen molar-refractivity contribution in [2.45, 2.75) is 24.2 Å². The molecule has 164 valence electrons. The van der Waals surface area contributed by atoms with E-state index in [1.54, 1.807) is 4.90 Å². The van der Waals surface area contributed by atoms with Gasteiger partial charge in [-0.1, -0.05) is 29.8 Å². The summed E-state index contributed by atoms with van der Waals surface area (Å²) in [4.78, 5) is 26.9. The topological polar surface area (TPSA) is 84.0 Å². The number of para-hydroxylation sites is 1. The summed E-state index contributed by atoms with van der Waals surface area (Å²) < 4.78 is 32.4. The van der Waals surface area contributed by atoms with Crippen molar-refractivity contribution >= 4 is 39.2 Å². The van der Waals surface area contributed by atoms with Crippen molar-refractivity contribution in [1.82, 2.24) is 4.31 Å². The molecule has 2 aromatic rings. The van der Waals surface area contributed by atoms with E-state index in [1.165, 1.54) is 28.6 Å². The number of halogens is 1. The lowest BCUT2D eigenvalue weighted by atomic mass is 10.00. The number of benzene rings is 2. The number of amides is 1. The smallest absolute Gasteiger partial charge is 0.310 e. The van der Waals surface area contributed by atoms with Gasteiger partial charge in [0.05, 0.1) is 10.8 Å². The van der Waals surface area contributed by atoms with E-state index in [-0.39, 0.29) is 24.0 Å². The fourth-order valence-electron chi connectivity index (χ4n) is 4.03. The zero-order valence-electron chi connectivity index (χ0n) is 16.9. The average Bonchev–Trinajstić information content (AvgIpc) is 3.22.